The Bertz CT molecular complexity index is 2950. The van der Waals surface area contributed by atoms with Gasteiger partial charge in [0.1, 0.15) is 0 Å². The van der Waals surface area contributed by atoms with E-state index in [0.29, 0.717) is 0 Å². The number of hydrogen-bond donors (Lipinski definition) is 0. The molecule has 0 saturated carbocycles. The molecule has 0 fully saturated rings. The predicted molar refractivity (Wildman–Crippen MR) is 205 cm³/mol. The van der Waals surface area contributed by atoms with Gasteiger partial charge in [0.05, 0.1) is 16.6 Å². The van der Waals surface area contributed by atoms with Crippen LogP contribution in [0.3, 0.4) is 0 Å². The molecule has 11 rings (SSSR count). The zero-order valence-electron chi connectivity index (χ0n) is 26.3. The Morgan fingerprint density at radius 1 is 0.396 bits per heavy atom. The number of benzene rings is 8. The van der Waals surface area contributed by atoms with Gasteiger partial charge in [0.2, 0.25) is 0 Å². The van der Waals surface area contributed by atoms with E-state index in [1.54, 1.807) is 0 Å². The summed E-state index contributed by atoms with van der Waals surface area (Å²) in [6, 6.07) is 54.0. The van der Waals surface area contributed by atoms with E-state index in [2.05, 4.69) is 167 Å². The van der Waals surface area contributed by atoms with Gasteiger partial charge in [-0.05, 0) is 98.4 Å². The molecule has 0 spiro atoms. The maximum absolute atomic E-state index is 2.56. The van der Waals surface area contributed by atoms with Crippen LogP contribution in [0.15, 0.2) is 152 Å². The Morgan fingerprint density at radius 3 is 1.81 bits per heavy atom. The lowest BCUT2D eigenvalue weighted by molar-refractivity contribution is 0.889. The second-order valence-electron chi connectivity index (χ2n) is 13.2. The molecule has 0 amide bonds. The second-order valence-corrected chi connectivity index (χ2v) is 13.2. The number of nitrogens with zero attached hydrogens (tertiary/aromatic N) is 2. The van der Waals surface area contributed by atoms with Crippen LogP contribution in [0.1, 0.15) is 17.7 Å². The van der Waals surface area contributed by atoms with Gasteiger partial charge in [-0.25, -0.2) is 0 Å². The van der Waals surface area contributed by atoms with Gasteiger partial charge in [0.15, 0.2) is 0 Å². The number of aromatic nitrogens is 2. The Kier molecular flexibility index (Phi) is 5.25. The third-order valence-corrected chi connectivity index (χ3v) is 10.7. The minimum absolute atomic E-state index is 1.02. The quantitative estimate of drug-likeness (QED) is 0.172. The number of fused-ring (bicyclic) bond motifs is 14. The summed E-state index contributed by atoms with van der Waals surface area (Å²) in [4.78, 5) is 0. The molecule has 0 N–H and O–H groups in total. The van der Waals surface area contributed by atoms with Crippen LogP contribution in [0.25, 0.3) is 93.2 Å². The molecule has 2 nitrogen and oxygen atoms in total. The highest BCUT2D eigenvalue weighted by molar-refractivity contribution is 6.26. The van der Waals surface area contributed by atoms with E-state index in [4.69, 9.17) is 0 Å². The summed E-state index contributed by atoms with van der Waals surface area (Å²) in [5.74, 6) is 0. The lowest BCUT2D eigenvalue weighted by Crippen LogP contribution is -2.03. The minimum atomic E-state index is 1.02. The van der Waals surface area contributed by atoms with Crippen LogP contribution < -0.4 is 0 Å². The van der Waals surface area contributed by atoms with Gasteiger partial charge in [0, 0.05) is 38.8 Å². The molecule has 2 heteroatoms. The van der Waals surface area contributed by atoms with Gasteiger partial charge in [-0.2, -0.15) is 0 Å². The van der Waals surface area contributed by atoms with Crippen molar-refractivity contribution in [3.05, 3.63) is 163 Å². The Morgan fingerprint density at radius 2 is 1.04 bits per heavy atom. The summed E-state index contributed by atoms with van der Waals surface area (Å²) in [5.41, 5.74) is 8.87. The van der Waals surface area contributed by atoms with E-state index in [9.17, 15) is 0 Å². The summed E-state index contributed by atoms with van der Waals surface area (Å²) in [6.45, 7) is 0. The zero-order chi connectivity index (χ0) is 31.3. The molecule has 224 valence electrons. The molecule has 0 saturated heterocycles. The van der Waals surface area contributed by atoms with Crippen LogP contribution >= 0.6 is 0 Å². The van der Waals surface area contributed by atoms with Gasteiger partial charge in [-0.15, -0.1) is 0 Å². The van der Waals surface area contributed by atoms with Gasteiger partial charge in [0.25, 0.3) is 0 Å². The lowest BCUT2D eigenvalue weighted by atomic mass is 9.94. The Labute approximate surface area is 277 Å². The molecule has 0 atom stereocenters. The normalized spacial score (nSPS) is 13.2. The monoisotopic (exact) mass is 610 g/mol. The highest BCUT2D eigenvalue weighted by Gasteiger charge is 2.23. The minimum Gasteiger partial charge on any atom is -0.313 e. The van der Waals surface area contributed by atoms with Crippen molar-refractivity contribution in [1.82, 2.24) is 9.13 Å². The first-order valence-corrected chi connectivity index (χ1v) is 16.9. The molecule has 1 aliphatic carbocycles. The number of para-hydroxylation sites is 1. The van der Waals surface area contributed by atoms with Crippen molar-refractivity contribution in [2.75, 3.05) is 0 Å². The van der Waals surface area contributed by atoms with Gasteiger partial charge in [-0.3, -0.25) is 0 Å². The van der Waals surface area contributed by atoms with E-state index in [1.807, 2.05) is 0 Å². The highest BCUT2D eigenvalue weighted by Crippen LogP contribution is 2.43. The molecule has 2 heterocycles. The fraction of sp³-hybridized carbons (Fsp3) is 0.0435. The lowest BCUT2D eigenvalue weighted by Gasteiger charge is -2.16. The average molecular weight is 611 g/mol. The van der Waals surface area contributed by atoms with Crippen molar-refractivity contribution in [2.45, 2.75) is 12.8 Å². The van der Waals surface area contributed by atoms with Crippen molar-refractivity contribution >= 4 is 81.9 Å². The average Bonchev–Trinajstić information content (AvgIpc) is 3.66. The number of allylic oxidation sites excluding steroid dienone is 1. The van der Waals surface area contributed by atoms with Crippen LogP contribution in [-0.2, 0) is 6.42 Å². The van der Waals surface area contributed by atoms with Crippen molar-refractivity contribution in [3.8, 4) is 11.4 Å². The summed E-state index contributed by atoms with van der Waals surface area (Å²) in [5, 5.41) is 14.3. The van der Waals surface area contributed by atoms with Crippen LogP contribution in [0, 0.1) is 0 Å². The standard InChI is InChI=1S/C46H30N2/c1-2-13-30(14-3-1)47-43-25-22-29-12-4-5-15-32(29)46(43)41-27-40-38-20-10-11-21-42(38)48(44(40)28-45(41)47)31-23-24-37-35-18-7-6-16-33(35)34-17-8-9-19-36(34)39(37)26-31/h1-10,12-20,22-28H,11,21H2. The second kappa shape index (κ2) is 9.70. The molecule has 0 bridgehead atoms. The fourth-order valence-electron chi connectivity index (χ4n) is 8.68. The SMILES string of the molecule is C1=Cc2c(n(-c3ccc4c5ccccc5c5ccccc5c4c3)c3cc4c(cc23)c2c3ccccc3ccc2n4-c2ccccc2)CC1. The maximum Gasteiger partial charge on any atom is 0.0562 e. The summed E-state index contributed by atoms with van der Waals surface area (Å²) in [6.07, 6.45) is 6.78. The molecule has 10 aromatic rings. The fourth-order valence-corrected chi connectivity index (χ4v) is 8.68. The van der Waals surface area contributed by atoms with Crippen LogP contribution in [-0.4, -0.2) is 9.13 Å². The molecule has 48 heavy (non-hydrogen) atoms. The Balaban J connectivity index is 1.29. The van der Waals surface area contributed by atoms with Gasteiger partial charge >= 0.3 is 0 Å². The van der Waals surface area contributed by atoms with E-state index in [0.717, 1.165) is 12.8 Å². The smallest absolute Gasteiger partial charge is 0.0562 e. The first kappa shape index (κ1) is 26.0. The highest BCUT2D eigenvalue weighted by atomic mass is 15.0. The molecule has 2 aromatic heterocycles. The van der Waals surface area contributed by atoms with E-state index >= 15 is 0 Å². The molecule has 0 radical (unpaired) electrons. The molecule has 0 aliphatic heterocycles. The van der Waals surface area contributed by atoms with E-state index in [-0.39, 0.29) is 0 Å². The van der Waals surface area contributed by atoms with Crippen molar-refractivity contribution < 1.29 is 0 Å². The first-order valence-electron chi connectivity index (χ1n) is 16.9. The number of rotatable bonds is 2. The third-order valence-electron chi connectivity index (χ3n) is 10.7. The maximum atomic E-state index is 2.56. The summed E-state index contributed by atoms with van der Waals surface area (Å²) in [7, 11) is 0. The third kappa shape index (κ3) is 3.47. The first-order chi connectivity index (χ1) is 23.8. The van der Waals surface area contributed by atoms with E-state index < -0.39 is 0 Å². The van der Waals surface area contributed by atoms with E-state index in [1.165, 1.54) is 98.4 Å². The van der Waals surface area contributed by atoms with Crippen LogP contribution in [0.5, 0.6) is 0 Å². The zero-order valence-corrected chi connectivity index (χ0v) is 26.3. The van der Waals surface area contributed by atoms with Gasteiger partial charge in [-0.1, -0.05) is 115 Å². The number of hydrogen-bond acceptors (Lipinski definition) is 0. The predicted octanol–water partition coefficient (Wildman–Crippen LogP) is 12.3. The van der Waals surface area contributed by atoms with Crippen molar-refractivity contribution in [1.29, 1.82) is 0 Å². The van der Waals surface area contributed by atoms with Crippen molar-refractivity contribution in [2.24, 2.45) is 0 Å². The molecular formula is C46H30N2. The van der Waals surface area contributed by atoms with Crippen molar-refractivity contribution in [3.63, 3.8) is 0 Å². The van der Waals surface area contributed by atoms with Gasteiger partial charge < -0.3 is 9.13 Å². The van der Waals surface area contributed by atoms with Crippen LogP contribution in [0.4, 0.5) is 0 Å². The summed E-state index contributed by atoms with van der Waals surface area (Å²) >= 11 is 0. The topological polar surface area (TPSA) is 9.86 Å². The summed E-state index contributed by atoms with van der Waals surface area (Å²) < 4.78 is 5.02. The Hall–Kier alpha value is -6.12. The van der Waals surface area contributed by atoms with Crippen LogP contribution in [0.2, 0.25) is 0 Å². The molecule has 1 aliphatic rings. The largest absolute Gasteiger partial charge is 0.313 e. The molecular weight excluding hydrogens is 581 g/mol. The molecule has 8 aromatic carbocycles. The molecule has 0 unspecified atom stereocenters.